The molecule has 0 saturated carbocycles. The van der Waals surface area contributed by atoms with Gasteiger partial charge in [0.2, 0.25) is 0 Å². The Morgan fingerprint density at radius 2 is 1.70 bits per heavy atom. The molecule has 0 aliphatic heterocycles. The lowest BCUT2D eigenvalue weighted by Crippen LogP contribution is -2.34. The van der Waals surface area contributed by atoms with Crippen LogP contribution in [-0.2, 0) is 11.3 Å². The summed E-state index contributed by atoms with van der Waals surface area (Å²) in [6.45, 7) is -0.0117. The first-order valence-corrected chi connectivity index (χ1v) is 8.26. The van der Waals surface area contributed by atoms with E-state index < -0.39 is 17.6 Å². The van der Waals surface area contributed by atoms with E-state index in [1.54, 1.807) is 60.7 Å². The maximum atomic E-state index is 13.7. The van der Waals surface area contributed by atoms with Gasteiger partial charge in [0.05, 0.1) is 6.26 Å². The van der Waals surface area contributed by atoms with E-state index >= 15 is 0 Å². The van der Waals surface area contributed by atoms with E-state index in [0.717, 1.165) is 0 Å². The third-order valence-electron chi connectivity index (χ3n) is 3.76. The molecule has 0 aliphatic carbocycles. The number of hydrogen-bond donors (Lipinski definition) is 2. The van der Waals surface area contributed by atoms with Crippen molar-refractivity contribution in [1.29, 1.82) is 0 Å². The fourth-order valence-corrected chi connectivity index (χ4v) is 2.37. The normalized spacial score (nSPS) is 11.1. The van der Waals surface area contributed by atoms with Gasteiger partial charge in [-0.1, -0.05) is 36.4 Å². The zero-order chi connectivity index (χ0) is 19.1. The van der Waals surface area contributed by atoms with E-state index in [2.05, 4.69) is 10.6 Å². The molecule has 136 valence electrons. The second kappa shape index (κ2) is 8.62. The van der Waals surface area contributed by atoms with E-state index in [-0.39, 0.29) is 12.2 Å². The Kier molecular flexibility index (Phi) is 5.79. The minimum absolute atomic E-state index is 0.00450. The van der Waals surface area contributed by atoms with Crippen molar-refractivity contribution in [3.8, 4) is 0 Å². The van der Waals surface area contributed by atoms with Gasteiger partial charge in [-0.15, -0.1) is 0 Å². The Bertz CT molecular complexity index is 951. The number of rotatable bonds is 6. The van der Waals surface area contributed by atoms with Crippen LogP contribution in [0.5, 0.6) is 0 Å². The standard InChI is InChI=1S/C21H17FN2O3/c22-18-11-5-4-9-16(18)14-23-21(26)19(13-17-10-6-12-27-17)24-20(25)15-7-2-1-3-8-15/h1-13H,14H2,(H,23,26)(H,24,25). The minimum Gasteiger partial charge on any atom is -0.465 e. The number of halogens is 1. The molecule has 3 aromatic rings. The summed E-state index contributed by atoms with van der Waals surface area (Å²) in [7, 11) is 0. The molecule has 0 atom stereocenters. The predicted molar refractivity (Wildman–Crippen MR) is 98.8 cm³/mol. The fraction of sp³-hybridized carbons (Fsp3) is 0.0476. The number of carbonyl (C=O) groups excluding carboxylic acids is 2. The first-order chi connectivity index (χ1) is 13.1. The molecular formula is C21H17FN2O3. The van der Waals surface area contributed by atoms with Crippen molar-refractivity contribution in [2.45, 2.75) is 6.54 Å². The summed E-state index contributed by atoms with van der Waals surface area (Å²) in [5.41, 5.74) is 0.748. The number of hydrogen-bond acceptors (Lipinski definition) is 3. The Labute approximate surface area is 155 Å². The van der Waals surface area contributed by atoms with Crippen LogP contribution in [0, 0.1) is 5.82 Å². The summed E-state index contributed by atoms with van der Waals surface area (Å²) in [4.78, 5) is 25.0. The van der Waals surface area contributed by atoms with Gasteiger partial charge in [-0.05, 0) is 30.3 Å². The molecule has 3 rings (SSSR count). The lowest BCUT2D eigenvalue weighted by molar-refractivity contribution is -0.117. The van der Waals surface area contributed by atoms with Gasteiger partial charge in [0, 0.05) is 23.7 Å². The molecule has 2 aromatic carbocycles. The molecule has 6 heteroatoms. The molecule has 0 fully saturated rings. The van der Waals surface area contributed by atoms with Gasteiger partial charge in [0.15, 0.2) is 0 Å². The zero-order valence-electron chi connectivity index (χ0n) is 14.3. The summed E-state index contributed by atoms with van der Waals surface area (Å²) in [6, 6.07) is 18.0. The zero-order valence-corrected chi connectivity index (χ0v) is 14.3. The van der Waals surface area contributed by atoms with Crippen LogP contribution in [0.15, 0.2) is 83.1 Å². The largest absolute Gasteiger partial charge is 0.465 e. The molecule has 0 spiro atoms. The van der Waals surface area contributed by atoms with Gasteiger partial charge in [-0.3, -0.25) is 9.59 Å². The van der Waals surface area contributed by atoms with Gasteiger partial charge >= 0.3 is 0 Å². The Balaban J connectivity index is 1.76. The number of benzene rings is 2. The highest BCUT2D eigenvalue weighted by Gasteiger charge is 2.15. The van der Waals surface area contributed by atoms with E-state index in [1.807, 2.05) is 0 Å². The van der Waals surface area contributed by atoms with Crippen LogP contribution in [0.25, 0.3) is 6.08 Å². The lowest BCUT2D eigenvalue weighted by atomic mass is 10.2. The van der Waals surface area contributed by atoms with Gasteiger partial charge in [-0.2, -0.15) is 0 Å². The number of nitrogens with one attached hydrogen (secondary N) is 2. The third kappa shape index (κ3) is 4.92. The van der Waals surface area contributed by atoms with Crippen molar-refractivity contribution in [3.05, 3.63) is 101 Å². The van der Waals surface area contributed by atoms with Crippen molar-refractivity contribution >= 4 is 17.9 Å². The highest BCUT2D eigenvalue weighted by Crippen LogP contribution is 2.09. The monoisotopic (exact) mass is 364 g/mol. The van der Waals surface area contributed by atoms with Crippen molar-refractivity contribution in [2.75, 3.05) is 0 Å². The van der Waals surface area contributed by atoms with Crippen molar-refractivity contribution in [3.63, 3.8) is 0 Å². The molecular weight excluding hydrogens is 347 g/mol. The average Bonchev–Trinajstić information content (AvgIpc) is 3.20. The molecule has 2 amide bonds. The molecule has 27 heavy (non-hydrogen) atoms. The summed E-state index contributed by atoms with van der Waals surface area (Å²) in [5, 5.41) is 5.18. The Hall–Kier alpha value is -3.67. The SMILES string of the molecule is O=C(NCc1ccccc1F)C(=Cc1ccco1)NC(=O)c1ccccc1. The minimum atomic E-state index is -0.557. The smallest absolute Gasteiger partial charge is 0.268 e. The van der Waals surface area contributed by atoms with Crippen LogP contribution >= 0.6 is 0 Å². The summed E-state index contributed by atoms with van der Waals surface area (Å²) in [6.07, 6.45) is 2.87. The summed E-state index contributed by atoms with van der Waals surface area (Å²) in [5.74, 6) is -1.00. The van der Waals surface area contributed by atoms with Crippen LogP contribution < -0.4 is 10.6 Å². The lowest BCUT2D eigenvalue weighted by Gasteiger charge is -2.11. The fourth-order valence-electron chi connectivity index (χ4n) is 2.37. The second-order valence-corrected chi connectivity index (χ2v) is 5.67. The van der Waals surface area contributed by atoms with Gasteiger partial charge in [-0.25, -0.2) is 4.39 Å². The van der Waals surface area contributed by atoms with E-state index in [4.69, 9.17) is 4.42 Å². The highest BCUT2D eigenvalue weighted by atomic mass is 19.1. The second-order valence-electron chi connectivity index (χ2n) is 5.67. The molecule has 2 N–H and O–H groups in total. The van der Waals surface area contributed by atoms with E-state index in [1.165, 1.54) is 18.4 Å². The van der Waals surface area contributed by atoms with Crippen LogP contribution in [0.2, 0.25) is 0 Å². The number of amides is 2. The maximum Gasteiger partial charge on any atom is 0.268 e. The molecule has 0 saturated heterocycles. The third-order valence-corrected chi connectivity index (χ3v) is 3.76. The van der Waals surface area contributed by atoms with Gasteiger partial charge < -0.3 is 15.1 Å². The van der Waals surface area contributed by atoms with Crippen LogP contribution in [-0.4, -0.2) is 11.8 Å². The Morgan fingerprint density at radius 3 is 2.41 bits per heavy atom. The summed E-state index contributed by atoms with van der Waals surface area (Å²) >= 11 is 0. The quantitative estimate of drug-likeness (QED) is 0.658. The van der Waals surface area contributed by atoms with Crippen LogP contribution in [0.3, 0.4) is 0 Å². The molecule has 0 bridgehead atoms. The van der Waals surface area contributed by atoms with Crippen molar-refractivity contribution in [1.82, 2.24) is 10.6 Å². The number of carbonyl (C=O) groups is 2. The molecule has 5 nitrogen and oxygen atoms in total. The van der Waals surface area contributed by atoms with Gasteiger partial charge in [0.25, 0.3) is 11.8 Å². The first kappa shape index (κ1) is 18.1. The first-order valence-electron chi connectivity index (χ1n) is 8.26. The maximum absolute atomic E-state index is 13.7. The molecule has 0 aliphatic rings. The molecule has 1 heterocycles. The average molecular weight is 364 g/mol. The molecule has 0 unspecified atom stereocenters. The van der Waals surface area contributed by atoms with E-state index in [0.29, 0.717) is 16.9 Å². The van der Waals surface area contributed by atoms with Crippen LogP contribution in [0.1, 0.15) is 21.7 Å². The van der Waals surface area contributed by atoms with Crippen molar-refractivity contribution in [2.24, 2.45) is 0 Å². The number of furan rings is 1. The molecule has 1 aromatic heterocycles. The predicted octanol–water partition coefficient (Wildman–Crippen LogP) is 3.51. The highest BCUT2D eigenvalue weighted by molar-refractivity contribution is 6.05. The molecule has 0 radical (unpaired) electrons. The van der Waals surface area contributed by atoms with E-state index in [9.17, 15) is 14.0 Å². The van der Waals surface area contributed by atoms with Crippen LogP contribution in [0.4, 0.5) is 4.39 Å². The van der Waals surface area contributed by atoms with Crippen molar-refractivity contribution < 1.29 is 18.4 Å². The Morgan fingerprint density at radius 1 is 0.963 bits per heavy atom. The summed E-state index contributed by atoms with van der Waals surface area (Å²) < 4.78 is 18.9. The van der Waals surface area contributed by atoms with Gasteiger partial charge in [0.1, 0.15) is 17.3 Å². The topological polar surface area (TPSA) is 71.3 Å².